The first-order valence-corrected chi connectivity index (χ1v) is 8.63. The van der Waals surface area contributed by atoms with Gasteiger partial charge in [-0.25, -0.2) is 9.78 Å². The number of carboxylic acids is 1. The number of aromatic nitrogens is 1. The first-order chi connectivity index (χ1) is 11.2. The molecule has 112 valence electrons. The van der Waals surface area contributed by atoms with Crippen molar-refractivity contribution in [2.45, 2.75) is 0 Å². The first-order valence-electron chi connectivity index (χ1n) is 7.00. The SMILES string of the molecule is O=C(O)c1ccc(-c2ccc(-c3nc4ccccc4s3)s2)cc1. The highest BCUT2D eigenvalue weighted by molar-refractivity contribution is 7.26. The molecular formula is C18H11NO2S2. The van der Waals surface area contributed by atoms with Gasteiger partial charge < -0.3 is 5.11 Å². The summed E-state index contributed by atoms with van der Waals surface area (Å²) in [5, 5.41) is 9.98. The van der Waals surface area contributed by atoms with E-state index in [1.807, 2.05) is 30.3 Å². The number of carbonyl (C=O) groups is 1. The van der Waals surface area contributed by atoms with Gasteiger partial charge in [-0.3, -0.25) is 0 Å². The van der Waals surface area contributed by atoms with Crippen LogP contribution in [0.2, 0.25) is 0 Å². The Morgan fingerprint density at radius 3 is 2.35 bits per heavy atom. The average Bonchev–Trinajstić information content (AvgIpc) is 3.21. The summed E-state index contributed by atoms with van der Waals surface area (Å²) in [6.45, 7) is 0. The lowest BCUT2D eigenvalue weighted by Gasteiger charge is -1.98. The van der Waals surface area contributed by atoms with Crippen LogP contribution in [0.25, 0.3) is 30.5 Å². The number of nitrogens with zero attached hydrogens (tertiary/aromatic N) is 1. The molecule has 2 aromatic carbocycles. The number of hydrogen-bond donors (Lipinski definition) is 1. The highest BCUT2D eigenvalue weighted by Gasteiger charge is 2.10. The van der Waals surface area contributed by atoms with E-state index in [1.165, 1.54) is 4.70 Å². The second-order valence-corrected chi connectivity index (χ2v) is 7.15. The fourth-order valence-corrected chi connectivity index (χ4v) is 4.39. The van der Waals surface area contributed by atoms with E-state index in [9.17, 15) is 4.79 Å². The molecule has 5 heteroatoms. The Kier molecular flexibility index (Phi) is 3.44. The molecule has 0 amide bonds. The number of rotatable bonds is 3. The van der Waals surface area contributed by atoms with Crippen LogP contribution in [0.4, 0.5) is 0 Å². The zero-order chi connectivity index (χ0) is 15.8. The lowest BCUT2D eigenvalue weighted by atomic mass is 10.1. The predicted octanol–water partition coefficient (Wildman–Crippen LogP) is 5.39. The fraction of sp³-hybridized carbons (Fsp3) is 0. The zero-order valence-electron chi connectivity index (χ0n) is 11.9. The molecule has 0 bridgehead atoms. The quantitative estimate of drug-likeness (QED) is 0.545. The Hall–Kier alpha value is -2.50. The first kappa shape index (κ1) is 14.1. The molecule has 2 heterocycles. The van der Waals surface area contributed by atoms with E-state index in [2.05, 4.69) is 23.2 Å². The molecule has 23 heavy (non-hydrogen) atoms. The average molecular weight is 337 g/mol. The molecule has 4 rings (SSSR count). The van der Waals surface area contributed by atoms with Crippen LogP contribution in [0.1, 0.15) is 10.4 Å². The van der Waals surface area contributed by atoms with Gasteiger partial charge in [-0.15, -0.1) is 22.7 Å². The molecule has 0 unspecified atom stereocenters. The number of fused-ring (bicyclic) bond motifs is 1. The van der Waals surface area contributed by atoms with Crippen LogP contribution < -0.4 is 0 Å². The second kappa shape index (κ2) is 5.61. The molecule has 0 saturated carbocycles. The summed E-state index contributed by atoms with van der Waals surface area (Å²) in [7, 11) is 0. The van der Waals surface area contributed by atoms with Crippen molar-refractivity contribution in [1.29, 1.82) is 0 Å². The van der Waals surface area contributed by atoms with Crippen molar-refractivity contribution in [2.24, 2.45) is 0 Å². The third-order valence-electron chi connectivity index (χ3n) is 3.53. The van der Waals surface area contributed by atoms with Gasteiger partial charge in [-0.1, -0.05) is 24.3 Å². The molecule has 4 aromatic rings. The summed E-state index contributed by atoms with van der Waals surface area (Å²) in [5.41, 5.74) is 2.34. The van der Waals surface area contributed by atoms with Crippen LogP contribution in [0.5, 0.6) is 0 Å². The maximum Gasteiger partial charge on any atom is 0.335 e. The van der Waals surface area contributed by atoms with E-state index in [4.69, 9.17) is 5.11 Å². The molecule has 0 fully saturated rings. The number of para-hydroxylation sites is 1. The third kappa shape index (κ3) is 2.65. The molecule has 0 atom stereocenters. The molecule has 0 aliphatic carbocycles. The summed E-state index contributed by atoms with van der Waals surface area (Å²) in [6, 6.07) is 19.2. The minimum absolute atomic E-state index is 0.303. The van der Waals surface area contributed by atoms with Gasteiger partial charge in [0.1, 0.15) is 5.01 Å². The maximum absolute atomic E-state index is 10.9. The fourth-order valence-electron chi connectivity index (χ4n) is 2.36. The smallest absolute Gasteiger partial charge is 0.335 e. The topological polar surface area (TPSA) is 50.2 Å². The normalized spacial score (nSPS) is 11.0. The highest BCUT2D eigenvalue weighted by atomic mass is 32.1. The summed E-state index contributed by atoms with van der Waals surface area (Å²) < 4.78 is 1.18. The molecule has 3 nitrogen and oxygen atoms in total. The molecule has 0 aliphatic heterocycles. The van der Waals surface area contributed by atoms with E-state index in [0.717, 1.165) is 25.8 Å². The molecule has 2 aromatic heterocycles. The van der Waals surface area contributed by atoms with Crippen molar-refractivity contribution in [3.8, 4) is 20.3 Å². The van der Waals surface area contributed by atoms with Gasteiger partial charge in [0.15, 0.2) is 0 Å². The molecule has 0 aliphatic rings. The van der Waals surface area contributed by atoms with E-state index >= 15 is 0 Å². The number of hydrogen-bond acceptors (Lipinski definition) is 4. The molecule has 1 N–H and O–H groups in total. The molecule has 0 spiro atoms. The van der Waals surface area contributed by atoms with E-state index < -0.39 is 5.97 Å². The van der Waals surface area contributed by atoms with Crippen LogP contribution in [0.3, 0.4) is 0 Å². The minimum atomic E-state index is -0.905. The molecule has 0 radical (unpaired) electrons. The largest absolute Gasteiger partial charge is 0.478 e. The summed E-state index contributed by atoms with van der Waals surface area (Å²) >= 11 is 3.36. The Bertz CT molecular complexity index is 966. The van der Waals surface area contributed by atoms with Crippen molar-refractivity contribution in [2.75, 3.05) is 0 Å². The zero-order valence-corrected chi connectivity index (χ0v) is 13.5. The van der Waals surface area contributed by atoms with Crippen molar-refractivity contribution in [1.82, 2.24) is 4.98 Å². The van der Waals surface area contributed by atoms with E-state index in [-0.39, 0.29) is 0 Å². The third-order valence-corrected chi connectivity index (χ3v) is 5.87. The molecule has 0 saturated heterocycles. The Morgan fingerprint density at radius 2 is 1.61 bits per heavy atom. The van der Waals surface area contributed by atoms with Gasteiger partial charge in [0.25, 0.3) is 0 Å². The van der Waals surface area contributed by atoms with Gasteiger partial charge >= 0.3 is 5.97 Å². The van der Waals surface area contributed by atoms with Crippen molar-refractivity contribution in [3.63, 3.8) is 0 Å². The van der Waals surface area contributed by atoms with Crippen LogP contribution in [0, 0.1) is 0 Å². The van der Waals surface area contributed by atoms with Gasteiger partial charge in [0.2, 0.25) is 0 Å². The maximum atomic E-state index is 10.9. The van der Waals surface area contributed by atoms with Crippen molar-refractivity contribution >= 4 is 38.9 Å². The van der Waals surface area contributed by atoms with Crippen LogP contribution >= 0.6 is 22.7 Å². The number of thiazole rings is 1. The highest BCUT2D eigenvalue weighted by Crippen LogP contribution is 2.37. The Morgan fingerprint density at radius 1 is 0.870 bits per heavy atom. The van der Waals surface area contributed by atoms with Crippen LogP contribution in [0.15, 0.2) is 60.7 Å². The summed E-state index contributed by atoms with van der Waals surface area (Å²) in [4.78, 5) is 17.8. The Labute approximate surface area is 140 Å². The van der Waals surface area contributed by atoms with Gasteiger partial charge in [-0.2, -0.15) is 0 Å². The van der Waals surface area contributed by atoms with Crippen molar-refractivity contribution in [3.05, 3.63) is 66.2 Å². The molecular weight excluding hydrogens is 326 g/mol. The lowest BCUT2D eigenvalue weighted by molar-refractivity contribution is 0.0697. The second-order valence-electron chi connectivity index (χ2n) is 5.03. The predicted molar refractivity (Wildman–Crippen MR) is 95.3 cm³/mol. The minimum Gasteiger partial charge on any atom is -0.478 e. The summed E-state index contributed by atoms with van der Waals surface area (Å²) in [5.74, 6) is -0.905. The van der Waals surface area contributed by atoms with Crippen LogP contribution in [-0.2, 0) is 0 Å². The van der Waals surface area contributed by atoms with Crippen LogP contribution in [-0.4, -0.2) is 16.1 Å². The number of carboxylic acid groups (broad SMARTS) is 1. The monoisotopic (exact) mass is 337 g/mol. The standard InChI is InChI=1S/C18H11NO2S2/c20-18(21)12-7-5-11(6-8-12)14-9-10-16(22-14)17-19-13-3-1-2-4-15(13)23-17/h1-10H,(H,20,21). The van der Waals surface area contributed by atoms with E-state index in [1.54, 1.807) is 34.8 Å². The number of benzene rings is 2. The van der Waals surface area contributed by atoms with Gasteiger partial charge in [0, 0.05) is 4.88 Å². The van der Waals surface area contributed by atoms with Gasteiger partial charge in [-0.05, 0) is 42.0 Å². The van der Waals surface area contributed by atoms with Crippen molar-refractivity contribution < 1.29 is 9.90 Å². The lowest BCUT2D eigenvalue weighted by Crippen LogP contribution is -1.94. The Balaban J connectivity index is 1.69. The number of thiophene rings is 1. The summed E-state index contributed by atoms with van der Waals surface area (Å²) in [6.07, 6.45) is 0. The van der Waals surface area contributed by atoms with E-state index in [0.29, 0.717) is 5.56 Å². The number of aromatic carboxylic acids is 1. The van der Waals surface area contributed by atoms with Gasteiger partial charge in [0.05, 0.1) is 20.7 Å².